The molecule has 2 aromatic rings. The molecule has 24 heavy (non-hydrogen) atoms. The third kappa shape index (κ3) is 3.61. The fourth-order valence-electron chi connectivity index (χ4n) is 3.33. The Bertz CT molecular complexity index is 710. The second kappa shape index (κ2) is 7.52. The molecule has 1 amide bonds. The number of carbonyl (C=O) groups is 1. The van der Waals surface area contributed by atoms with E-state index in [0.29, 0.717) is 6.42 Å². The van der Waals surface area contributed by atoms with Crippen LogP contribution in [0.5, 0.6) is 5.75 Å². The Hall–Kier alpha value is -2.29. The maximum Gasteiger partial charge on any atom is 0.261 e. The van der Waals surface area contributed by atoms with Crippen molar-refractivity contribution < 1.29 is 9.53 Å². The second-order valence-corrected chi connectivity index (χ2v) is 6.43. The van der Waals surface area contributed by atoms with Crippen LogP contribution in [0.15, 0.2) is 48.5 Å². The molecule has 3 rings (SSSR count). The summed E-state index contributed by atoms with van der Waals surface area (Å²) in [7, 11) is 0. The Morgan fingerprint density at radius 1 is 1.21 bits per heavy atom. The molecule has 0 unspecified atom stereocenters. The predicted octanol–water partition coefficient (Wildman–Crippen LogP) is 4.35. The Labute approximate surface area is 144 Å². The summed E-state index contributed by atoms with van der Waals surface area (Å²) in [6.45, 7) is 3.98. The Kier molecular flexibility index (Phi) is 5.19. The van der Waals surface area contributed by atoms with E-state index in [2.05, 4.69) is 23.5 Å². The number of fused-ring (bicyclic) bond motifs is 1. The zero-order valence-corrected chi connectivity index (χ0v) is 14.4. The molecule has 0 spiro atoms. The molecule has 0 heterocycles. The van der Waals surface area contributed by atoms with Gasteiger partial charge in [0, 0.05) is 0 Å². The number of hydrogen-bond acceptors (Lipinski definition) is 2. The fraction of sp³-hybridized carbons (Fsp3) is 0.381. The molecule has 0 aliphatic heterocycles. The molecule has 1 aliphatic carbocycles. The van der Waals surface area contributed by atoms with Gasteiger partial charge in [0.15, 0.2) is 6.10 Å². The fourth-order valence-corrected chi connectivity index (χ4v) is 3.33. The summed E-state index contributed by atoms with van der Waals surface area (Å²) in [5, 5.41) is 3.20. The third-order valence-corrected chi connectivity index (χ3v) is 4.71. The Balaban J connectivity index is 1.71. The molecule has 0 radical (unpaired) electrons. The number of carbonyl (C=O) groups excluding carboxylic acids is 1. The summed E-state index contributed by atoms with van der Waals surface area (Å²) in [5.41, 5.74) is 3.65. The molecule has 3 nitrogen and oxygen atoms in total. The van der Waals surface area contributed by atoms with Gasteiger partial charge in [0.2, 0.25) is 0 Å². The third-order valence-electron chi connectivity index (χ3n) is 4.71. The van der Waals surface area contributed by atoms with E-state index < -0.39 is 6.10 Å². The van der Waals surface area contributed by atoms with Crippen molar-refractivity contribution in [1.82, 2.24) is 5.32 Å². The summed E-state index contributed by atoms with van der Waals surface area (Å²) in [6.07, 6.45) is 3.38. The smallest absolute Gasteiger partial charge is 0.261 e. The van der Waals surface area contributed by atoms with Gasteiger partial charge in [-0.05, 0) is 55.4 Å². The van der Waals surface area contributed by atoms with Crippen LogP contribution in [0.4, 0.5) is 0 Å². The average Bonchev–Trinajstić information content (AvgIpc) is 2.61. The number of para-hydroxylation sites is 1. The number of aryl methyl sites for hydroxylation is 2. The zero-order valence-electron chi connectivity index (χ0n) is 14.4. The largest absolute Gasteiger partial charge is 0.480 e. The van der Waals surface area contributed by atoms with Gasteiger partial charge in [0.25, 0.3) is 5.91 Å². The van der Waals surface area contributed by atoms with E-state index in [-0.39, 0.29) is 11.9 Å². The van der Waals surface area contributed by atoms with Gasteiger partial charge in [-0.1, -0.05) is 49.4 Å². The number of amides is 1. The molecule has 0 bridgehead atoms. The lowest BCUT2D eigenvalue weighted by atomic mass is 9.87. The maximum absolute atomic E-state index is 12.7. The van der Waals surface area contributed by atoms with Gasteiger partial charge in [-0.3, -0.25) is 4.79 Å². The van der Waals surface area contributed by atoms with Crippen LogP contribution in [-0.4, -0.2) is 12.0 Å². The lowest BCUT2D eigenvalue weighted by Gasteiger charge is -2.28. The molecule has 0 aromatic heterocycles. The van der Waals surface area contributed by atoms with Crippen molar-refractivity contribution in [2.75, 3.05) is 0 Å². The monoisotopic (exact) mass is 323 g/mol. The minimum Gasteiger partial charge on any atom is -0.480 e. The van der Waals surface area contributed by atoms with E-state index in [1.165, 1.54) is 11.1 Å². The van der Waals surface area contributed by atoms with E-state index in [9.17, 15) is 4.79 Å². The van der Waals surface area contributed by atoms with Crippen LogP contribution in [0.1, 0.15) is 48.9 Å². The minimum atomic E-state index is -0.458. The summed E-state index contributed by atoms with van der Waals surface area (Å²) >= 11 is 0. The maximum atomic E-state index is 12.7. The van der Waals surface area contributed by atoms with Crippen molar-refractivity contribution >= 4 is 5.91 Å². The van der Waals surface area contributed by atoms with Crippen LogP contribution in [0.25, 0.3) is 0 Å². The van der Waals surface area contributed by atoms with Crippen molar-refractivity contribution in [2.24, 2.45) is 0 Å². The van der Waals surface area contributed by atoms with Crippen LogP contribution >= 0.6 is 0 Å². The normalized spacial score (nSPS) is 17.7. The molecule has 126 valence electrons. The molecular weight excluding hydrogens is 298 g/mol. The van der Waals surface area contributed by atoms with Gasteiger partial charge < -0.3 is 10.1 Å². The second-order valence-electron chi connectivity index (χ2n) is 6.43. The van der Waals surface area contributed by atoms with Gasteiger partial charge in [-0.15, -0.1) is 0 Å². The highest BCUT2D eigenvalue weighted by molar-refractivity contribution is 5.81. The number of nitrogens with one attached hydrogen (secondary N) is 1. The molecule has 0 fully saturated rings. The van der Waals surface area contributed by atoms with Crippen molar-refractivity contribution in [3.8, 4) is 5.75 Å². The summed E-state index contributed by atoms with van der Waals surface area (Å²) in [6, 6.07) is 16.3. The first-order valence-electron chi connectivity index (χ1n) is 8.79. The highest BCUT2D eigenvalue weighted by Crippen LogP contribution is 2.29. The molecule has 0 saturated carbocycles. The molecule has 2 aromatic carbocycles. The van der Waals surface area contributed by atoms with E-state index in [1.807, 2.05) is 44.2 Å². The Morgan fingerprint density at radius 3 is 2.75 bits per heavy atom. The van der Waals surface area contributed by atoms with Gasteiger partial charge in [-0.2, -0.15) is 0 Å². The van der Waals surface area contributed by atoms with Crippen molar-refractivity contribution in [2.45, 2.75) is 51.7 Å². The van der Waals surface area contributed by atoms with Crippen LogP contribution in [0.3, 0.4) is 0 Å². The van der Waals surface area contributed by atoms with Crippen LogP contribution in [0.2, 0.25) is 0 Å². The highest BCUT2D eigenvalue weighted by atomic mass is 16.5. The van der Waals surface area contributed by atoms with Gasteiger partial charge >= 0.3 is 0 Å². The van der Waals surface area contributed by atoms with Crippen molar-refractivity contribution in [3.05, 3.63) is 65.2 Å². The SMILES string of the molecule is CC[C@@H](Oc1ccccc1C)C(=O)N[C@@H]1CCCc2ccccc21. The lowest BCUT2D eigenvalue weighted by molar-refractivity contribution is -0.129. The van der Waals surface area contributed by atoms with E-state index >= 15 is 0 Å². The summed E-state index contributed by atoms with van der Waals surface area (Å²) in [5.74, 6) is 0.756. The standard InChI is InChI=1S/C21H25NO2/c1-3-19(24-20-14-7-4-9-15(20)2)21(23)22-18-13-8-11-16-10-5-6-12-17(16)18/h4-7,9-10,12,14,18-19H,3,8,11,13H2,1-2H3,(H,22,23)/t18-,19-/m1/s1. The predicted molar refractivity (Wildman–Crippen MR) is 96.1 cm³/mol. The van der Waals surface area contributed by atoms with Crippen LogP contribution in [0, 0.1) is 6.92 Å². The molecule has 0 saturated heterocycles. The molecule has 1 N–H and O–H groups in total. The topological polar surface area (TPSA) is 38.3 Å². The first-order valence-corrected chi connectivity index (χ1v) is 8.79. The number of rotatable bonds is 5. The number of benzene rings is 2. The molecule has 1 aliphatic rings. The van der Waals surface area contributed by atoms with Gasteiger partial charge in [0.1, 0.15) is 5.75 Å². The van der Waals surface area contributed by atoms with E-state index in [4.69, 9.17) is 4.74 Å². The van der Waals surface area contributed by atoms with E-state index in [1.54, 1.807) is 0 Å². The van der Waals surface area contributed by atoms with Gasteiger partial charge in [-0.25, -0.2) is 0 Å². The lowest BCUT2D eigenvalue weighted by Crippen LogP contribution is -2.41. The number of hydrogen-bond donors (Lipinski definition) is 1. The first-order chi connectivity index (χ1) is 11.7. The molecule has 2 atom stereocenters. The first kappa shape index (κ1) is 16.6. The Morgan fingerprint density at radius 2 is 1.96 bits per heavy atom. The zero-order chi connectivity index (χ0) is 16.9. The van der Waals surface area contributed by atoms with Crippen molar-refractivity contribution in [3.63, 3.8) is 0 Å². The van der Waals surface area contributed by atoms with Crippen LogP contribution in [-0.2, 0) is 11.2 Å². The van der Waals surface area contributed by atoms with E-state index in [0.717, 1.165) is 30.6 Å². The summed E-state index contributed by atoms with van der Waals surface area (Å²) < 4.78 is 5.97. The van der Waals surface area contributed by atoms with Crippen molar-refractivity contribution in [1.29, 1.82) is 0 Å². The molecule has 3 heteroatoms. The number of ether oxygens (including phenoxy) is 1. The summed E-state index contributed by atoms with van der Waals surface area (Å²) in [4.78, 5) is 12.7. The molecular formula is C21H25NO2. The highest BCUT2D eigenvalue weighted by Gasteiger charge is 2.25. The van der Waals surface area contributed by atoms with Gasteiger partial charge in [0.05, 0.1) is 6.04 Å². The minimum absolute atomic E-state index is 0.0255. The van der Waals surface area contributed by atoms with Crippen LogP contribution < -0.4 is 10.1 Å². The average molecular weight is 323 g/mol. The quantitative estimate of drug-likeness (QED) is 0.888.